The van der Waals surface area contributed by atoms with Crippen molar-refractivity contribution < 1.29 is 9.53 Å². The predicted octanol–water partition coefficient (Wildman–Crippen LogP) is 3.91. The number of benzene rings is 2. The van der Waals surface area contributed by atoms with Crippen molar-refractivity contribution >= 4 is 17.3 Å². The Morgan fingerprint density at radius 2 is 2.08 bits per heavy atom. The molecule has 0 aliphatic carbocycles. The molecule has 24 heavy (non-hydrogen) atoms. The van der Waals surface area contributed by atoms with Crippen molar-refractivity contribution in [2.75, 3.05) is 23.4 Å². The minimum absolute atomic E-state index is 0.0360. The van der Waals surface area contributed by atoms with E-state index >= 15 is 0 Å². The van der Waals surface area contributed by atoms with Gasteiger partial charge in [-0.05, 0) is 37.1 Å². The van der Waals surface area contributed by atoms with Crippen LogP contribution in [0.3, 0.4) is 0 Å². The molecule has 1 aliphatic rings. The van der Waals surface area contributed by atoms with Gasteiger partial charge in [0.2, 0.25) is 0 Å². The van der Waals surface area contributed by atoms with Gasteiger partial charge in [0, 0.05) is 24.8 Å². The number of nitrogens with zero attached hydrogens (tertiary/aromatic N) is 1. The highest BCUT2D eigenvalue weighted by Gasteiger charge is 2.25. The lowest BCUT2D eigenvalue weighted by Crippen LogP contribution is -2.39. The van der Waals surface area contributed by atoms with E-state index in [1.807, 2.05) is 37.3 Å². The van der Waals surface area contributed by atoms with Gasteiger partial charge >= 0.3 is 0 Å². The van der Waals surface area contributed by atoms with Gasteiger partial charge in [0.15, 0.2) is 6.61 Å². The summed E-state index contributed by atoms with van der Waals surface area (Å²) >= 11 is 0. The summed E-state index contributed by atoms with van der Waals surface area (Å²) in [7, 11) is 0. The SMILES string of the molecule is C=C(C)CN1C(=O)COc2cc(NCc3ccccc3C)ccc21. The molecule has 2 aromatic rings. The topological polar surface area (TPSA) is 41.6 Å². The summed E-state index contributed by atoms with van der Waals surface area (Å²) in [5.74, 6) is 0.691. The molecule has 0 radical (unpaired) electrons. The summed E-state index contributed by atoms with van der Waals surface area (Å²) in [6, 6.07) is 14.2. The number of carbonyl (C=O) groups is 1. The smallest absolute Gasteiger partial charge is 0.265 e. The van der Waals surface area contributed by atoms with E-state index in [0.717, 1.165) is 29.2 Å². The normalized spacial score (nSPS) is 13.2. The fraction of sp³-hybridized carbons (Fsp3) is 0.250. The van der Waals surface area contributed by atoms with Crippen LogP contribution < -0.4 is 15.0 Å². The Kier molecular flexibility index (Phi) is 4.56. The Hall–Kier alpha value is -2.75. The van der Waals surface area contributed by atoms with Gasteiger partial charge < -0.3 is 15.0 Å². The van der Waals surface area contributed by atoms with E-state index in [4.69, 9.17) is 4.74 Å². The molecule has 0 fully saturated rings. The number of aryl methyl sites for hydroxylation is 1. The first-order valence-corrected chi connectivity index (χ1v) is 8.04. The molecule has 0 saturated carbocycles. The van der Waals surface area contributed by atoms with Crippen LogP contribution >= 0.6 is 0 Å². The van der Waals surface area contributed by atoms with E-state index in [9.17, 15) is 4.79 Å². The average molecular weight is 322 g/mol. The molecular formula is C20H22N2O2. The minimum Gasteiger partial charge on any atom is -0.481 e. The van der Waals surface area contributed by atoms with Crippen molar-refractivity contribution in [2.24, 2.45) is 0 Å². The van der Waals surface area contributed by atoms with Gasteiger partial charge in [-0.15, -0.1) is 0 Å². The lowest BCUT2D eigenvalue weighted by molar-refractivity contribution is -0.121. The van der Waals surface area contributed by atoms with Crippen LogP contribution in [0.15, 0.2) is 54.6 Å². The highest BCUT2D eigenvalue weighted by molar-refractivity contribution is 5.98. The van der Waals surface area contributed by atoms with Crippen LogP contribution in [-0.4, -0.2) is 19.1 Å². The molecule has 124 valence electrons. The number of hydrogen-bond acceptors (Lipinski definition) is 3. The maximum atomic E-state index is 12.1. The van der Waals surface area contributed by atoms with Crippen molar-refractivity contribution in [3.63, 3.8) is 0 Å². The fourth-order valence-electron chi connectivity index (χ4n) is 2.76. The third-order valence-electron chi connectivity index (χ3n) is 4.08. The molecule has 0 bridgehead atoms. The average Bonchev–Trinajstić information content (AvgIpc) is 2.56. The van der Waals surface area contributed by atoms with Crippen LogP contribution in [0, 0.1) is 6.92 Å². The van der Waals surface area contributed by atoms with Gasteiger partial charge in [0.05, 0.1) is 5.69 Å². The maximum absolute atomic E-state index is 12.1. The fourth-order valence-corrected chi connectivity index (χ4v) is 2.76. The first-order valence-electron chi connectivity index (χ1n) is 8.04. The summed E-state index contributed by atoms with van der Waals surface area (Å²) in [5, 5.41) is 3.42. The Bertz CT molecular complexity index is 783. The quantitative estimate of drug-likeness (QED) is 0.849. The zero-order valence-electron chi connectivity index (χ0n) is 14.1. The highest BCUT2D eigenvalue weighted by Crippen LogP contribution is 2.35. The molecule has 0 unspecified atom stereocenters. The van der Waals surface area contributed by atoms with Crippen LogP contribution in [0.1, 0.15) is 18.1 Å². The second-order valence-corrected chi connectivity index (χ2v) is 6.19. The molecule has 2 aromatic carbocycles. The van der Waals surface area contributed by atoms with E-state index in [-0.39, 0.29) is 12.5 Å². The summed E-state index contributed by atoms with van der Waals surface area (Å²) in [6.07, 6.45) is 0. The van der Waals surface area contributed by atoms with E-state index < -0.39 is 0 Å². The number of carbonyl (C=O) groups excluding carboxylic acids is 1. The number of amides is 1. The molecule has 1 heterocycles. The second kappa shape index (κ2) is 6.79. The van der Waals surface area contributed by atoms with Crippen LogP contribution in [-0.2, 0) is 11.3 Å². The molecule has 3 rings (SSSR count). The van der Waals surface area contributed by atoms with E-state index in [1.54, 1.807) is 4.90 Å². The molecule has 4 nitrogen and oxygen atoms in total. The molecule has 0 saturated heterocycles. The Morgan fingerprint density at radius 1 is 1.29 bits per heavy atom. The van der Waals surface area contributed by atoms with Crippen LogP contribution in [0.5, 0.6) is 5.75 Å². The molecule has 1 aliphatic heterocycles. The van der Waals surface area contributed by atoms with Crippen LogP contribution in [0.25, 0.3) is 0 Å². The summed E-state index contributed by atoms with van der Waals surface area (Å²) in [5.41, 5.74) is 5.24. The predicted molar refractivity (Wildman–Crippen MR) is 97.6 cm³/mol. The molecule has 4 heteroatoms. The number of anilines is 2. The molecule has 1 amide bonds. The second-order valence-electron chi connectivity index (χ2n) is 6.19. The minimum atomic E-state index is -0.0360. The van der Waals surface area contributed by atoms with E-state index in [0.29, 0.717) is 6.54 Å². The molecule has 0 aromatic heterocycles. The third kappa shape index (κ3) is 3.43. The molecule has 0 atom stereocenters. The van der Waals surface area contributed by atoms with Crippen LogP contribution in [0.4, 0.5) is 11.4 Å². The Balaban J connectivity index is 1.77. The van der Waals surface area contributed by atoms with Gasteiger partial charge in [-0.1, -0.05) is 36.4 Å². The summed E-state index contributed by atoms with van der Waals surface area (Å²) in [6.45, 7) is 9.26. The van der Waals surface area contributed by atoms with Crippen molar-refractivity contribution in [2.45, 2.75) is 20.4 Å². The lowest BCUT2D eigenvalue weighted by Gasteiger charge is -2.30. The zero-order chi connectivity index (χ0) is 17.1. The number of rotatable bonds is 5. The monoisotopic (exact) mass is 322 g/mol. The maximum Gasteiger partial charge on any atom is 0.265 e. The lowest BCUT2D eigenvalue weighted by atomic mass is 10.1. The molecule has 1 N–H and O–H groups in total. The van der Waals surface area contributed by atoms with Crippen molar-refractivity contribution in [3.05, 3.63) is 65.7 Å². The highest BCUT2D eigenvalue weighted by atomic mass is 16.5. The van der Waals surface area contributed by atoms with Crippen molar-refractivity contribution in [3.8, 4) is 5.75 Å². The first-order chi connectivity index (χ1) is 11.5. The van der Waals surface area contributed by atoms with Gasteiger partial charge in [0.1, 0.15) is 5.75 Å². The third-order valence-corrected chi connectivity index (χ3v) is 4.08. The number of nitrogens with one attached hydrogen (secondary N) is 1. The standard InChI is InChI=1S/C20H22N2O2/c1-14(2)12-22-18-9-8-17(10-19(18)24-13-20(22)23)21-11-16-7-5-4-6-15(16)3/h4-10,21H,1,11-13H2,2-3H3. The molecule has 0 spiro atoms. The zero-order valence-corrected chi connectivity index (χ0v) is 14.1. The first kappa shape index (κ1) is 16.1. The van der Waals surface area contributed by atoms with Gasteiger partial charge in [-0.2, -0.15) is 0 Å². The summed E-state index contributed by atoms with van der Waals surface area (Å²) in [4.78, 5) is 13.8. The van der Waals surface area contributed by atoms with Gasteiger partial charge in [-0.25, -0.2) is 0 Å². The number of ether oxygens (including phenoxy) is 1. The summed E-state index contributed by atoms with van der Waals surface area (Å²) < 4.78 is 5.60. The van der Waals surface area contributed by atoms with E-state index in [2.05, 4.69) is 31.0 Å². The Labute approximate surface area is 142 Å². The number of hydrogen-bond donors (Lipinski definition) is 1. The Morgan fingerprint density at radius 3 is 2.83 bits per heavy atom. The largest absolute Gasteiger partial charge is 0.481 e. The van der Waals surface area contributed by atoms with E-state index in [1.165, 1.54) is 11.1 Å². The number of fused-ring (bicyclic) bond motifs is 1. The van der Waals surface area contributed by atoms with Crippen molar-refractivity contribution in [1.29, 1.82) is 0 Å². The van der Waals surface area contributed by atoms with Crippen molar-refractivity contribution in [1.82, 2.24) is 0 Å². The van der Waals surface area contributed by atoms with Gasteiger partial charge in [-0.3, -0.25) is 4.79 Å². The molecular weight excluding hydrogens is 300 g/mol. The van der Waals surface area contributed by atoms with Gasteiger partial charge in [0.25, 0.3) is 5.91 Å². The van der Waals surface area contributed by atoms with Crippen LogP contribution in [0.2, 0.25) is 0 Å².